The van der Waals surface area contributed by atoms with Gasteiger partial charge in [-0.15, -0.1) is 11.3 Å². The Hall–Kier alpha value is -2.15. The number of anilines is 1. The van der Waals surface area contributed by atoms with Gasteiger partial charge in [-0.3, -0.25) is 4.79 Å². The number of carbonyl (C=O) groups is 1. The molecule has 0 unspecified atom stereocenters. The van der Waals surface area contributed by atoms with E-state index in [0.717, 1.165) is 16.7 Å². The molecule has 0 aliphatic heterocycles. The lowest BCUT2D eigenvalue weighted by atomic mass is 10.2. The monoisotopic (exact) mass is 433 g/mol. The van der Waals surface area contributed by atoms with Gasteiger partial charge in [-0.2, -0.15) is 0 Å². The van der Waals surface area contributed by atoms with Crippen LogP contribution in [0.25, 0.3) is 10.4 Å². The molecule has 28 heavy (non-hydrogen) atoms. The first-order chi connectivity index (χ1) is 13.2. The topological polar surface area (TPSA) is 54.5 Å². The first-order valence-corrected chi connectivity index (χ1v) is 11.7. The lowest BCUT2D eigenvalue weighted by Crippen LogP contribution is -2.36. The Labute approximate surface area is 174 Å². The van der Waals surface area contributed by atoms with Crippen molar-refractivity contribution >= 4 is 44.4 Å². The van der Waals surface area contributed by atoms with Gasteiger partial charge in [0.15, 0.2) is 9.84 Å². The molecular weight excluding hydrogens is 414 g/mol. The predicted molar refractivity (Wildman–Crippen MR) is 116 cm³/mol. The van der Waals surface area contributed by atoms with E-state index in [1.54, 1.807) is 17.0 Å². The van der Waals surface area contributed by atoms with Crippen molar-refractivity contribution in [2.75, 3.05) is 11.2 Å². The predicted octanol–water partition coefficient (Wildman–Crippen LogP) is 5.53. The number of nitrogens with zero attached hydrogens (tertiary/aromatic N) is 1. The molecule has 0 bridgehead atoms. The molecule has 0 spiro atoms. The maximum atomic E-state index is 13.2. The van der Waals surface area contributed by atoms with Gasteiger partial charge < -0.3 is 4.90 Å². The summed E-state index contributed by atoms with van der Waals surface area (Å²) in [6.07, 6.45) is 1.16. The molecule has 4 nitrogen and oxygen atoms in total. The number of hydrogen-bond acceptors (Lipinski definition) is 4. The Morgan fingerprint density at radius 3 is 2.11 bits per heavy atom. The van der Waals surface area contributed by atoms with Gasteiger partial charge in [-0.25, -0.2) is 8.42 Å². The van der Waals surface area contributed by atoms with Crippen LogP contribution in [-0.4, -0.2) is 26.6 Å². The molecule has 0 saturated carbocycles. The molecule has 0 aliphatic carbocycles. The average molecular weight is 434 g/mol. The molecule has 3 aromatic rings. The molecule has 0 atom stereocenters. The highest BCUT2D eigenvalue weighted by molar-refractivity contribution is 7.90. The number of rotatable bonds is 5. The summed E-state index contributed by atoms with van der Waals surface area (Å²) >= 11 is 7.36. The minimum atomic E-state index is -3.28. The maximum absolute atomic E-state index is 13.2. The molecule has 1 heterocycles. The van der Waals surface area contributed by atoms with E-state index in [9.17, 15) is 13.2 Å². The van der Waals surface area contributed by atoms with Crippen LogP contribution in [-0.2, 0) is 9.84 Å². The molecule has 0 N–H and O–H groups in total. The summed E-state index contributed by atoms with van der Waals surface area (Å²) in [6, 6.07) is 17.5. The number of benzene rings is 2. The van der Waals surface area contributed by atoms with E-state index in [2.05, 4.69) is 0 Å². The summed E-state index contributed by atoms with van der Waals surface area (Å²) in [5.74, 6) is -0.118. The van der Waals surface area contributed by atoms with Crippen molar-refractivity contribution < 1.29 is 13.2 Å². The molecule has 1 amide bonds. The van der Waals surface area contributed by atoms with Gasteiger partial charge in [0.25, 0.3) is 5.91 Å². The normalized spacial score (nSPS) is 11.6. The number of sulfone groups is 1. The molecule has 0 aliphatic rings. The first kappa shape index (κ1) is 20.6. The molecule has 0 saturated heterocycles. The van der Waals surface area contributed by atoms with Gasteiger partial charge in [0.1, 0.15) is 0 Å². The molecule has 1 aromatic heterocycles. The summed E-state index contributed by atoms with van der Waals surface area (Å²) < 4.78 is 23.3. The van der Waals surface area contributed by atoms with Crippen molar-refractivity contribution in [3.63, 3.8) is 0 Å². The van der Waals surface area contributed by atoms with Gasteiger partial charge in [0, 0.05) is 27.9 Å². The molecule has 0 radical (unpaired) electrons. The fourth-order valence-corrected chi connectivity index (χ4v) is 4.55. The zero-order valence-corrected chi connectivity index (χ0v) is 18.1. The van der Waals surface area contributed by atoms with Gasteiger partial charge in [0.05, 0.1) is 9.77 Å². The fraction of sp³-hybridized carbons (Fsp3) is 0.190. The Bertz CT molecular complexity index is 1090. The van der Waals surface area contributed by atoms with Crippen molar-refractivity contribution in [3.8, 4) is 10.4 Å². The van der Waals surface area contributed by atoms with E-state index in [1.165, 1.54) is 23.5 Å². The van der Waals surface area contributed by atoms with Crippen LogP contribution < -0.4 is 4.90 Å². The second kappa shape index (κ2) is 8.07. The largest absolute Gasteiger partial charge is 0.305 e. The third-order valence-corrected chi connectivity index (χ3v) is 6.73. The van der Waals surface area contributed by atoms with Crippen LogP contribution in [0.2, 0.25) is 5.02 Å². The highest BCUT2D eigenvalue weighted by Crippen LogP contribution is 2.31. The zero-order chi connectivity index (χ0) is 20.5. The minimum absolute atomic E-state index is 0.0855. The summed E-state index contributed by atoms with van der Waals surface area (Å²) in [5.41, 5.74) is 1.66. The van der Waals surface area contributed by atoms with E-state index in [1.807, 2.05) is 50.2 Å². The van der Waals surface area contributed by atoms with E-state index >= 15 is 0 Å². The van der Waals surface area contributed by atoms with Gasteiger partial charge in [0.2, 0.25) is 0 Å². The first-order valence-electron chi connectivity index (χ1n) is 8.66. The van der Waals surface area contributed by atoms with Crippen molar-refractivity contribution in [1.29, 1.82) is 0 Å². The SMILES string of the molecule is CC(C)N(C(=O)c1ccc(-c2ccc(Cl)cc2)s1)c1ccc(S(C)(=O)=O)cc1. The minimum Gasteiger partial charge on any atom is -0.305 e. The summed E-state index contributed by atoms with van der Waals surface area (Å²) in [4.78, 5) is 16.7. The molecule has 7 heteroatoms. The number of carbonyl (C=O) groups excluding carboxylic acids is 1. The Morgan fingerprint density at radius 2 is 1.57 bits per heavy atom. The smallest absolute Gasteiger partial charge is 0.268 e. The highest BCUT2D eigenvalue weighted by atomic mass is 35.5. The summed E-state index contributed by atoms with van der Waals surface area (Å²) in [7, 11) is -3.28. The Balaban J connectivity index is 1.91. The second-order valence-corrected chi connectivity index (χ2v) is 10.2. The molecule has 0 fully saturated rings. The van der Waals surface area contributed by atoms with Crippen LogP contribution in [0.5, 0.6) is 0 Å². The van der Waals surface area contributed by atoms with E-state index in [4.69, 9.17) is 11.6 Å². The van der Waals surface area contributed by atoms with Gasteiger partial charge in [-0.1, -0.05) is 23.7 Å². The lowest BCUT2D eigenvalue weighted by Gasteiger charge is -2.26. The standard InChI is InChI=1S/C21H20ClNO3S2/c1-14(2)23(17-8-10-18(11-9-17)28(3,25)26)21(24)20-13-12-19(27-20)15-4-6-16(22)7-5-15/h4-14H,1-3H3. The third-order valence-electron chi connectivity index (χ3n) is 4.22. The fourth-order valence-electron chi connectivity index (χ4n) is 2.84. The second-order valence-electron chi connectivity index (χ2n) is 6.71. The van der Waals surface area contributed by atoms with Crippen LogP contribution in [0, 0.1) is 0 Å². The van der Waals surface area contributed by atoms with Crippen LogP contribution >= 0.6 is 22.9 Å². The Morgan fingerprint density at radius 1 is 0.964 bits per heavy atom. The molecule has 2 aromatic carbocycles. The summed E-state index contributed by atoms with van der Waals surface area (Å²) in [5, 5.41) is 0.667. The maximum Gasteiger partial charge on any atom is 0.268 e. The van der Waals surface area contributed by atoms with E-state index in [-0.39, 0.29) is 16.8 Å². The van der Waals surface area contributed by atoms with Crippen LogP contribution in [0.4, 0.5) is 5.69 Å². The van der Waals surface area contributed by atoms with Crippen molar-refractivity contribution in [2.45, 2.75) is 24.8 Å². The highest BCUT2D eigenvalue weighted by Gasteiger charge is 2.23. The lowest BCUT2D eigenvalue weighted by molar-refractivity contribution is 0.0984. The van der Waals surface area contributed by atoms with Crippen molar-refractivity contribution in [3.05, 3.63) is 70.6 Å². The van der Waals surface area contributed by atoms with Gasteiger partial charge in [-0.05, 0) is 67.9 Å². The number of amides is 1. The number of hydrogen-bond donors (Lipinski definition) is 0. The Kier molecular flexibility index (Phi) is 5.93. The average Bonchev–Trinajstić information content (AvgIpc) is 3.12. The van der Waals surface area contributed by atoms with Crippen LogP contribution in [0.3, 0.4) is 0 Å². The molecular formula is C21H20ClNO3S2. The van der Waals surface area contributed by atoms with Crippen molar-refractivity contribution in [1.82, 2.24) is 0 Å². The third kappa shape index (κ3) is 4.46. The van der Waals surface area contributed by atoms with E-state index < -0.39 is 9.84 Å². The molecule has 146 valence electrons. The van der Waals surface area contributed by atoms with Crippen LogP contribution in [0.1, 0.15) is 23.5 Å². The number of thiophene rings is 1. The summed E-state index contributed by atoms with van der Waals surface area (Å²) in [6.45, 7) is 3.85. The van der Waals surface area contributed by atoms with Crippen molar-refractivity contribution in [2.24, 2.45) is 0 Å². The molecule has 3 rings (SSSR count). The van der Waals surface area contributed by atoms with Crippen LogP contribution in [0.15, 0.2) is 65.6 Å². The quantitative estimate of drug-likeness (QED) is 0.531. The van der Waals surface area contributed by atoms with Gasteiger partial charge >= 0.3 is 0 Å². The number of halogens is 1. The van der Waals surface area contributed by atoms with E-state index in [0.29, 0.717) is 15.6 Å². The zero-order valence-electron chi connectivity index (χ0n) is 15.7.